The van der Waals surface area contributed by atoms with Crippen molar-refractivity contribution in [1.29, 1.82) is 0 Å². The summed E-state index contributed by atoms with van der Waals surface area (Å²) in [6.07, 6.45) is 0. The van der Waals surface area contributed by atoms with E-state index in [1.165, 1.54) is 4.88 Å². The molecule has 1 aliphatic heterocycles. The van der Waals surface area contributed by atoms with E-state index in [2.05, 4.69) is 21.7 Å². The van der Waals surface area contributed by atoms with Crippen molar-refractivity contribution in [3.05, 3.63) is 58.0 Å². The van der Waals surface area contributed by atoms with Gasteiger partial charge in [0.2, 0.25) is 0 Å². The monoisotopic (exact) mass is 348 g/mol. The van der Waals surface area contributed by atoms with Gasteiger partial charge in [-0.1, -0.05) is 24.3 Å². The number of halogens is 3. The minimum atomic E-state index is -0.112. The van der Waals surface area contributed by atoms with Crippen LogP contribution < -0.4 is 5.32 Å². The van der Waals surface area contributed by atoms with Crippen molar-refractivity contribution in [3.63, 3.8) is 0 Å². The molecule has 1 aliphatic rings. The lowest BCUT2D eigenvalue weighted by Crippen LogP contribution is -2.45. The van der Waals surface area contributed by atoms with Gasteiger partial charge in [-0.05, 0) is 17.5 Å². The zero-order chi connectivity index (χ0) is 13.1. The minimum Gasteiger partial charge on any atom is -0.314 e. The third kappa shape index (κ3) is 4.18. The second kappa shape index (κ2) is 8.71. The Labute approximate surface area is 141 Å². The first-order valence-electron chi connectivity index (χ1n) is 6.59. The highest BCUT2D eigenvalue weighted by Gasteiger charge is 2.26. The Hall–Kier alpha value is -0.650. The quantitative estimate of drug-likeness (QED) is 0.909. The molecule has 0 spiro atoms. The van der Waals surface area contributed by atoms with Gasteiger partial charge in [0.1, 0.15) is 5.82 Å². The summed E-state index contributed by atoms with van der Waals surface area (Å²) in [5.41, 5.74) is 0.784. The Balaban J connectivity index is 0.00000110. The molecule has 0 unspecified atom stereocenters. The summed E-state index contributed by atoms with van der Waals surface area (Å²) in [7, 11) is 0. The Morgan fingerprint density at radius 1 is 1.05 bits per heavy atom. The molecule has 1 fully saturated rings. The van der Waals surface area contributed by atoms with Gasteiger partial charge >= 0.3 is 0 Å². The zero-order valence-corrected chi connectivity index (χ0v) is 13.9. The Morgan fingerprint density at radius 2 is 1.76 bits per heavy atom. The highest BCUT2D eigenvalue weighted by atomic mass is 35.5. The standard InChI is InChI=1S/C15H17FN2S.2ClH/c16-13-5-2-1-4-12(13)15(14-6-3-11-19-14)18-9-7-17-8-10-18;;/h1-6,11,15,17H,7-10H2;2*1H/t15-;;/m1../s1. The molecule has 0 saturated carbocycles. The first kappa shape index (κ1) is 18.4. The average molecular weight is 349 g/mol. The molecule has 21 heavy (non-hydrogen) atoms. The number of benzene rings is 1. The summed E-state index contributed by atoms with van der Waals surface area (Å²) in [4.78, 5) is 3.58. The van der Waals surface area contributed by atoms with E-state index in [-0.39, 0.29) is 36.7 Å². The van der Waals surface area contributed by atoms with Crippen molar-refractivity contribution < 1.29 is 4.39 Å². The lowest BCUT2D eigenvalue weighted by molar-refractivity contribution is 0.197. The molecule has 1 atom stereocenters. The maximum atomic E-state index is 14.1. The molecule has 116 valence electrons. The summed E-state index contributed by atoms with van der Waals surface area (Å²) < 4.78 is 14.1. The molecular weight excluding hydrogens is 330 g/mol. The van der Waals surface area contributed by atoms with Crippen LogP contribution >= 0.6 is 36.2 Å². The van der Waals surface area contributed by atoms with Crippen LogP contribution in [0.15, 0.2) is 41.8 Å². The molecule has 6 heteroatoms. The fourth-order valence-corrected chi connectivity index (χ4v) is 3.49. The highest BCUT2D eigenvalue weighted by molar-refractivity contribution is 7.10. The third-order valence-corrected chi connectivity index (χ3v) is 4.45. The first-order valence-corrected chi connectivity index (χ1v) is 7.47. The van der Waals surface area contributed by atoms with Gasteiger partial charge < -0.3 is 5.32 Å². The van der Waals surface area contributed by atoms with Gasteiger partial charge in [-0.2, -0.15) is 0 Å². The molecule has 0 radical (unpaired) electrons. The van der Waals surface area contributed by atoms with E-state index in [1.807, 2.05) is 18.2 Å². The van der Waals surface area contributed by atoms with Crippen LogP contribution in [0.1, 0.15) is 16.5 Å². The van der Waals surface area contributed by atoms with Crippen LogP contribution in [0, 0.1) is 5.82 Å². The Kier molecular flexibility index (Phi) is 7.63. The topological polar surface area (TPSA) is 15.3 Å². The van der Waals surface area contributed by atoms with E-state index in [9.17, 15) is 4.39 Å². The van der Waals surface area contributed by atoms with Crippen molar-refractivity contribution in [3.8, 4) is 0 Å². The summed E-state index contributed by atoms with van der Waals surface area (Å²) >= 11 is 1.70. The lowest BCUT2D eigenvalue weighted by Gasteiger charge is -2.34. The number of piperazine rings is 1. The fourth-order valence-electron chi connectivity index (χ4n) is 2.61. The number of hydrogen-bond acceptors (Lipinski definition) is 3. The van der Waals surface area contributed by atoms with Crippen LogP contribution in [-0.2, 0) is 0 Å². The molecule has 2 heterocycles. The van der Waals surface area contributed by atoms with E-state index in [0.29, 0.717) is 0 Å². The number of nitrogens with zero attached hydrogens (tertiary/aromatic N) is 1. The van der Waals surface area contributed by atoms with Gasteiger partial charge in [0.15, 0.2) is 0 Å². The van der Waals surface area contributed by atoms with Crippen molar-refractivity contribution in [2.45, 2.75) is 6.04 Å². The predicted molar refractivity (Wildman–Crippen MR) is 91.5 cm³/mol. The van der Waals surface area contributed by atoms with Gasteiger partial charge in [0.25, 0.3) is 0 Å². The molecule has 1 N–H and O–H groups in total. The molecule has 1 aromatic heterocycles. The van der Waals surface area contributed by atoms with Gasteiger partial charge in [0, 0.05) is 36.6 Å². The maximum absolute atomic E-state index is 14.1. The third-order valence-electron chi connectivity index (χ3n) is 3.53. The minimum absolute atomic E-state index is 0. The van der Waals surface area contributed by atoms with Gasteiger partial charge in [-0.15, -0.1) is 36.2 Å². The number of rotatable bonds is 3. The summed E-state index contributed by atoms with van der Waals surface area (Å²) in [6.45, 7) is 3.85. The van der Waals surface area contributed by atoms with Crippen molar-refractivity contribution in [1.82, 2.24) is 10.2 Å². The van der Waals surface area contributed by atoms with E-state index < -0.39 is 0 Å². The maximum Gasteiger partial charge on any atom is 0.128 e. The molecular formula is C15H19Cl2FN2S. The first-order chi connectivity index (χ1) is 9.36. The highest BCUT2D eigenvalue weighted by Crippen LogP contribution is 2.33. The number of nitrogens with one attached hydrogen (secondary N) is 1. The summed E-state index contributed by atoms with van der Waals surface area (Å²) in [6, 6.07) is 11.3. The summed E-state index contributed by atoms with van der Waals surface area (Å²) in [5, 5.41) is 5.41. The molecule has 0 amide bonds. The number of thiophene rings is 1. The van der Waals surface area contributed by atoms with Crippen LogP contribution in [0.3, 0.4) is 0 Å². The van der Waals surface area contributed by atoms with Crippen LogP contribution in [0.25, 0.3) is 0 Å². The van der Waals surface area contributed by atoms with E-state index >= 15 is 0 Å². The second-order valence-corrected chi connectivity index (χ2v) is 5.70. The molecule has 0 aliphatic carbocycles. The molecule has 1 saturated heterocycles. The second-order valence-electron chi connectivity index (χ2n) is 4.73. The van der Waals surface area contributed by atoms with E-state index in [4.69, 9.17) is 0 Å². The van der Waals surface area contributed by atoms with Gasteiger partial charge in [-0.3, -0.25) is 4.90 Å². The molecule has 2 aromatic rings. The smallest absolute Gasteiger partial charge is 0.128 e. The normalized spacial score (nSPS) is 16.6. The molecule has 3 rings (SSSR count). The molecule has 0 bridgehead atoms. The van der Waals surface area contributed by atoms with Crippen molar-refractivity contribution >= 4 is 36.2 Å². The van der Waals surface area contributed by atoms with Crippen LogP contribution in [0.2, 0.25) is 0 Å². The average Bonchev–Trinajstić information content (AvgIpc) is 2.96. The molecule has 1 aromatic carbocycles. The van der Waals surface area contributed by atoms with E-state index in [1.54, 1.807) is 23.5 Å². The number of hydrogen-bond donors (Lipinski definition) is 1. The summed E-state index contributed by atoms with van der Waals surface area (Å²) in [5.74, 6) is -0.112. The SMILES string of the molecule is Cl.Cl.Fc1ccccc1[C@H](c1cccs1)N1CCNCC1. The van der Waals surface area contributed by atoms with Crippen LogP contribution in [-0.4, -0.2) is 31.1 Å². The Bertz CT molecular complexity index is 530. The van der Waals surface area contributed by atoms with E-state index in [0.717, 1.165) is 31.7 Å². The van der Waals surface area contributed by atoms with Crippen LogP contribution in [0.4, 0.5) is 4.39 Å². The lowest BCUT2D eigenvalue weighted by atomic mass is 10.0. The van der Waals surface area contributed by atoms with Crippen molar-refractivity contribution in [2.75, 3.05) is 26.2 Å². The fraction of sp³-hybridized carbons (Fsp3) is 0.333. The zero-order valence-electron chi connectivity index (χ0n) is 11.5. The predicted octanol–water partition coefficient (Wildman–Crippen LogP) is 3.73. The van der Waals surface area contributed by atoms with Gasteiger partial charge in [0.05, 0.1) is 6.04 Å². The largest absolute Gasteiger partial charge is 0.314 e. The molecule has 2 nitrogen and oxygen atoms in total. The van der Waals surface area contributed by atoms with Crippen molar-refractivity contribution in [2.24, 2.45) is 0 Å². The van der Waals surface area contributed by atoms with Crippen LogP contribution in [0.5, 0.6) is 0 Å². The van der Waals surface area contributed by atoms with Gasteiger partial charge in [-0.25, -0.2) is 4.39 Å². The Morgan fingerprint density at radius 3 is 2.38 bits per heavy atom.